The number of amides is 1. The van der Waals surface area contributed by atoms with Crippen LogP contribution in [0.4, 0.5) is 11.9 Å². The van der Waals surface area contributed by atoms with E-state index >= 15 is 0 Å². The minimum atomic E-state index is -0.674. The molecule has 0 aliphatic carbocycles. The second-order valence-corrected chi connectivity index (χ2v) is 5.13. The van der Waals surface area contributed by atoms with Gasteiger partial charge < -0.3 is 10.2 Å². The van der Waals surface area contributed by atoms with E-state index in [1.165, 1.54) is 16.7 Å². The molecule has 0 radical (unpaired) electrons. The number of likely N-dealkylation sites (N-methyl/N-ethyl adjacent to an activating group) is 1. The number of nitriles is 1. The van der Waals surface area contributed by atoms with E-state index in [2.05, 4.69) is 20.3 Å². The lowest BCUT2D eigenvalue weighted by atomic mass is 10.2. The zero-order chi connectivity index (χ0) is 16.7. The molecule has 1 amide bonds. The van der Waals surface area contributed by atoms with E-state index in [0.717, 1.165) is 0 Å². The number of carbonyl (C=O) groups is 1. The standard InChI is InChI=1S/C13H21N7OS/c1-6-19(7-2)10(21)9(3)20(8-14)12-16-11(15-4)17-13(18-12)22-5/h9H,6-7H2,1-5H3,(H,15,16,17,18). The second-order valence-electron chi connectivity index (χ2n) is 4.35. The van der Waals surface area contributed by atoms with Crippen LogP contribution in [0, 0.1) is 11.5 Å². The lowest BCUT2D eigenvalue weighted by Gasteiger charge is -2.27. The zero-order valence-corrected chi connectivity index (χ0v) is 14.3. The topological polar surface area (TPSA) is 98.0 Å². The van der Waals surface area contributed by atoms with Crippen molar-refractivity contribution in [3.05, 3.63) is 0 Å². The lowest BCUT2D eigenvalue weighted by Crippen LogP contribution is -2.46. The van der Waals surface area contributed by atoms with Gasteiger partial charge in [-0.05, 0) is 27.0 Å². The molecule has 8 nitrogen and oxygen atoms in total. The summed E-state index contributed by atoms with van der Waals surface area (Å²) in [5.41, 5.74) is 0. The van der Waals surface area contributed by atoms with E-state index in [0.29, 0.717) is 24.2 Å². The first kappa shape index (κ1) is 18.0. The summed E-state index contributed by atoms with van der Waals surface area (Å²) in [6, 6.07) is -0.674. The number of nitrogens with zero attached hydrogens (tertiary/aromatic N) is 6. The first-order chi connectivity index (χ1) is 10.5. The van der Waals surface area contributed by atoms with Crippen LogP contribution in [0.1, 0.15) is 20.8 Å². The predicted molar refractivity (Wildman–Crippen MR) is 86.6 cm³/mol. The van der Waals surface area contributed by atoms with E-state index in [4.69, 9.17) is 0 Å². The van der Waals surface area contributed by atoms with Crippen molar-refractivity contribution < 1.29 is 4.79 Å². The number of carbonyl (C=O) groups excluding carboxylic acids is 1. The highest BCUT2D eigenvalue weighted by Crippen LogP contribution is 2.18. The molecule has 0 aliphatic heterocycles. The average Bonchev–Trinajstić information content (AvgIpc) is 2.55. The molecule has 0 bridgehead atoms. The molecule has 1 aromatic heterocycles. The summed E-state index contributed by atoms with van der Waals surface area (Å²) in [6.07, 6.45) is 3.83. The van der Waals surface area contributed by atoms with E-state index < -0.39 is 6.04 Å². The molecule has 1 unspecified atom stereocenters. The van der Waals surface area contributed by atoms with Crippen molar-refractivity contribution in [3.8, 4) is 6.19 Å². The number of rotatable bonds is 7. The van der Waals surface area contributed by atoms with Crippen molar-refractivity contribution >= 4 is 29.6 Å². The lowest BCUT2D eigenvalue weighted by molar-refractivity contribution is -0.131. The largest absolute Gasteiger partial charge is 0.357 e. The molecule has 120 valence electrons. The third-order valence-corrected chi connectivity index (χ3v) is 3.70. The van der Waals surface area contributed by atoms with Crippen LogP contribution >= 0.6 is 11.8 Å². The molecule has 1 rings (SSSR count). The Morgan fingerprint density at radius 2 is 2.00 bits per heavy atom. The van der Waals surface area contributed by atoms with Crippen molar-refractivity contribution in [3.63, 3.8) is 0 Å². The Labute approximate surface area is 134 Å². The molecule has 0 aliphatic rings. The zero-order valence-electron chi connectivity index (χ0n) is 13.5. The van der Waals surface area contributed by atoms with Crippen molar-refractivity contribution in [2.24, 2.45) is 0 Å². The minimum Gasteiger partial charge on any atom is -0.357 e. The number of thioether (sulfide) groups is 1. The molecule has 9 heteroatoms. The molecule has 22 heavy (non-hydrogen) atoms. The van der Waals surface area contributed by atoms with E-state index in [-0.39, 0.29) is 11.9 Å². The highest BCUT2D eigenvalue weighted by atomic mass is 32.2. The van der Waals surface area contributed by atoms with Crippen LogP contribution in [-0.2, 0) is 4.79 Å². The molecule has 0 aromatic carbocycles. The summed E-state index contributed by atoms with van der Waals surface area (Å²) in [6.45, 7) is 6.66. The maximum absolute atomic E-state index is 12.4. The van der Waals surface area contributed by atoms with Crippen LogP contribution in [0.3, 0.4) is 0 Å². The maximum atomic E-state index is 12.4. The van der Waals surface area contributed by atoms with Crippen molar-refractivity contribution in [2.75, 3.05) is 36.6 Å². The Bertz CT molecular complexity index is 534. The van der Waals surface area contributed by atoms with Gasteiger partial charge in [-0.2, -0.15) is 20.2 Å². The molecule has 1 aromatic rings. The van der Waals surface area contributed by atoms with Crippen LogP contribution in [0.25, 0.3) is 0 Å². The van der Waals surface area contributed by atoms with Gasteiger partial charge in [0, 0.05) is 20.1 Å². The van der Waals surface area contributed by atoms with Gasteiger partial charge in [0.2, 0.25) is 17.8 Å². The third kappa shape index (κ3) is 3.98. The predicted octanol–water partition coefficient (Wildman–Crippen LogP) is 1.18. The van der Waals surface area contributed by atoms with Crippen LogP contribution < -0.4 is 10.2 Å². The van der Waals surface area contributed by atoms with Crippen LogP contribution in [-0.4, -0.2) is 58.2 Å². The smallest absolute Gasteiger partial charge is 0.246 e. The quantitative estimate of drug-likeness (QED) is 0.454. The summed E-state index contributed by atoms with van der Waals surface area (Å²) in [5, 5.41) is 12.7. The number of aromatic nitrogens is 3. The minimum absolute atomic E-state index is 0.135. The van der Waals surface area contributed by atoms with Gasteiger partial charge in [-0.3, -0.25) is 4.79 Å². The Kier molecular flexibility index (Phi) is 6.85. The summed E-state index contributed by atoms with van der Waals surface area (Å²) in [7, 11) is 1.68. The maximum Gasteiger partial charge on any atom is 0.246 e. The Hall–Kier alpha value is -2.08. The molecule has 0 saturated heterocycles. The van der Waals surface area contributed by atoms with Gasteiger partial charge >= 0.3 is 0 Å². The van der Waals surface area contributed by atoms with E-state index in [1.54, 1.807) is 18.9 Å². The molecule has 0 spiro atoms. The first-order valence-corrected chi connectivity index (χ1v) is 8.20. The van der Waals surface area contributed by atoms with Gasteiger partial charge in [0.05, 0.1) is 0 Å². The van der Waals surface area contributed by atoms with E-state index in [9.17, 15) is 10.1 Å². The van der Waals surface area contributed by atoms with Gasteiger partial charge in [-0.15, -0.1) is 0 Å². The fourth-order valence-electron chi connectivity index (χ4n) is 1.87. The van der Waals surface area contributed by atoms with Crippen LogP contribution in [0.2, 0.25) is 0 Å². The van der Waals surface area contributed by atoms with Gasteiger partial charge in [-0.1, -0.05) is 11.8 Å². The number of hydrogen-bond donors (Lipinski definition) is 1. The van der Waals surface area contributed by atoms with Gasteiger partial charge in [0.1, 0.15) is 6.04 Å². The van der Waals surface area contributed by atoms with Crippen molar-refractivity contribution in [1.82, 2.24) is 19.9 Å². The number of nitrogens with one attached hydrogen (secondary N) is 1. The Balaban J connectivity index is 3.15. The monoisotopic (exact) mass is 323 g/mol. The average molecular weight is 323 g/mol. The number of hydrogen-bond acceptors (Lipinski definition) is 8. The molecule has 1 atom stereocenters. The van der Waals surface area contributed by atoms with Gasteiger partial charge in [0.25, 0.3) is 0 Å². The summed E-state index contributed by atoms with van der Waals surface area (Å²) in [5.74, 6) is 0.389. The summed E-state index contributed by atoms with van der Waals surface area (Å²) >= 11 is 1.34. The SMILES string of the molecule is CCN(CC)C(=O)C(C)N(C#N)c1nc(NC)nc(SC)n1. The molecular formula is C13H21N7OS. The Morgan fingerprint density at radius 3 is 2.45 bits per heavy atom. The molecule has 1 N–H and O–H groups in total. The van der Waals surface area contributed by atoms with Crippen molar-refractivity contribution in [1.29, 1.82) is 5.26 Å². The number of anilines is 2. The van der Waals surface area contributed by atoms with E-state index in [1.807, 2.05) is 26.3 Å². The summed E-state index contributed by atoms with van der Waals surface area (Å²) in [4.78, 5) is 27.9. The molecule has 0 saturated carbocycles. The van der Waals surface area contributed by atoms with Gasteiger partial charge in [0.15, 0.2) is 11.3 Å². The van der Waals surface area contributed by atoms with Crippen molar-refractivity contribution in [2.45, 2.75) is 32.0 Å². The first-order valence-electron chi connectivity index (χ1n) is 6.97. The van der Waals surface area contributed by atoms with Gasteiger partial charge in [-0.25, -0.2) is 4.90 Å². The Morgan fingerprint density at radius 1 is 1.36 bits per heavy atom. The second kappa shape index (κ2) is 8.38. The third-order valence-electron chi connectivity index (χ3n) is 3.15. The molecule has 1 heterocycles. The fourth-order valence-corrected chi connectivity index (χ4v) is 2.22. The molecular weight excluding hydrogens is 302 g/mol. The summed E-state index contributed by atoms with van der Waals surface area (Å²) < 4.78 is 0. The molecule has 0 fully saturated rings. The van der Waals surface area contributed by atoms with Crippen LogP contribution in [0.5, 0.6) is 0 Å². The highest BCUT2D eigenvalue weighted by molar-refractivity contribution is 7.98. The normalized spacial score (nSPS) is 11.5. The highest BCUT2D eigenvalue weighted by Gasteiger charge is 2.27. The van der Waals surface area contributed by atoms with Crippen LogP contribution in [0.15, 0.2) is 5.16 Å². The fraction of sp³-hybridized carbons (Fsp3) is 0.615.